The second-order valence-corrected chi connectivity index (χ2v) is 5.62. The predicted molar refractivity (Wildman–Crippen MR) is 101 cm³/mol. The van der Waals surface area contributed by atoms with Gasteiger partial charge in [-0.25, -0.2) is 0 Å². The first-order chi connectivity index (χ1) is 12.2. The van der Waals surface area contributed by atoms with Gasteiger partial charge in [-0.05, 0) is 49.2 Å². The van der Waals surface area contributed by atoms with Gasteiger partial charge in [-0.15, -0.1) is 0 Å². The van der Waals surface area contributed by atoms with E-state index in [-0.39, 0.29) is 0 Å². The average Bonchev–Trinajstić information content (AvgIpc) is 2.63. The van der Waals surface area contributed by atoms with Gasteiger partial charge in [0.15, 0.2) is 23.0 Å². The van der Waals surface area contributed by atoms with Crippen molar-refractivity contribution in [3.05, 3.63) is 53.6 Å². The topological polar surface area (TPSA) is 36.9 Å². The summed E-state index contributed by atoms with van der Waals surface area (Å²) in [7, 11) is 3.29. The van der Waals surface area contributed by atoms with E-state index in [0.717, 1.165) is 40.5 Å². The lowest BCUT2D eigenvalue weighted by atomic mass is 10.2. The van der Waals surface area contributed by atoms with Crippen LogP contribution in [0.2, 0.25) is 0 Å². The lowest BCUT2D eigenvalue weighted by molar-refractivity contribution is 0.234. The first-order valence-electron chi connectivity index (χ1n) is 8.39. The molecular weight excluding hydrogens is 316 g/mol. The molecule has 0 aliphatic carbocycles. The van der Waals surface area contributed by atoms with Crippen LogP contribution in [0.5, 0.6) is 23.0 Å². The molecule has 2 aromatic carbocycles. The van der Waals surface area contributed by atoms with Crippen LogP contribution in [0.3, 0.4) is 0 Å². The highest BCUT2D eigenvalue weighted by Gasteiger charge is 2.06. The molecule has 0 heterocycles. The molecule has 134 valence electrons. The van der Waals surface area contributed by atoms with E-state index < -0.39 is 0 Å². The Balaban J connectivity index is 1.83. The molecule has 0 radical (unpaired) electrons. The summed E-state index contributed by atoms with van der Waals surface area (Å²) in [4.78, 5) is 0. The second kappa shape index (κ2) is 9.62. The zero-order valence-electron chi connectivity index (χ0n) is 15.4. The Kier molecular flexibility index (Phi) is 7.20. The van der Waals surface area contributed by atoms with E-state index in [2.05, 4.69) is 0 Å². The molecule has 4 heteroatoms. The van der Waals surface area contributed by atoms with Crippen molar-refractivity contribution in [1.29, 1.82) is 0 Å². The van der Waals surface area contributed by atoms with Crippen molar-refractivity contribution in [2.45, 2.75) is 20.3 Å². The molecule has 0 aliphatic heterocycles. The van der Waals surface area contributed by atoms with Crippen LogP contribution in [0.4, 0.5) is 0 Å². The maximum atomic E-state index is 5.81. The minimum absolute atomic E-state index is 0.549. The van der Waals surface area contributed by atoms with Crippen LogP contribution in [-0.2, 0) is 0 Å². The minimum atomic E-state index is 0.549. The van der Waals surface area contributed by atoms with E-state index in [1.54, 1.807) is 14.2 Å². The molecule has 0 unspecified atom stereocenters. The van der Waals surface area contributed by atoms with Gasteiger partial charge in [0.2, 0.25) is 0 Å². The summed E-state index contributed by atoms with van der Waals surface area (Å²) in [5.74, 6) is 2.98. The molecule has 0 saturated carbocycles. The van der Waals surface area contributed by atoms with E-state index in [4.69, 9.17) is 18.9 Å². The molecule has 0 aliphatic rings. The number of allylic oxidation sites excluding steroid dienone is 1. The highest BCUT2D eigenvalue weighted by molar-refractivity contribution is 5.55. The summed E-state index contributed by atoms with van der Waals surface area (Å²) in [5, 5.41) is 0. The molecule has 0 fully saturated rings. The van der Waals surface area contributed by atoms with Crippen LogP contribution in [0, 0.1) is 6.92 Å². The van der Waals surface area contributed by atoms with Crippen LogP contribution in [-0.4, -0.2) is 27.4 Å². The molecule has 2 rings (SSSR count). The monoisotopic (exact) mass is 342 g/mol. The van der Waals surface area contributed by atoms with E-state index in [1.165, 1.54) is 0 Å². The van der Waals surface area contributed by atoms with Crippen molar-refractivity contribution in [3.8, 4) is 23.0 Å². The zero-order valence-corrected chi connectivity index (χ0v) is 15.4. The van der Waals surface area contributed by atoms with Gasteiger partial charge in [-0.2, -0.15) is 0 Å². The third kappa shape index (κ3) is 5.45. The van der Waals surface area contributed by atoms with Crippen molar-refractivity contribution >= 4 is 6.08 Å². The number of hydrogen-bond acceptors (Lipinski definition) is 4. The highest BCUT2D eigenvalue weighted by Crippen LogP contribution is 2.29. The fourth-order valence-corrected chi connectivity index (χ4v) is 2.42. The quantitative estimate of drug-likeness (QED) is 0.608. The van der Waals surface area contributed by atoms with Crippen LogP contribution in [0.15, 0.2) is 42.5 Å². The van der Waals surface area contributed by atoms with Gasteiger partial charge in [0.1, 0.15) is 0 Å². The molecule has 0 N–H and O–H groups in total. The molecule has 0 spiro atoms. The Morgan fingerprint density at radius 1 is 0.800 bits per heavy atom. The molecule has 0 aromatic heterocycles. The van der Waals surface area contributed by atoms with Crippen LogP contribution in [0.25, 0.3) is 6.08 Å². The Morgan fingerprint density at radius 3 is 2.00 bits per heavy atom. The number of benzene rings is 2. The molecular formula is C21H26O4. The number of ether oxygens (including phenoxy) is 4. The van der Waals surface area contributed by atoms with Crippen LogP contribution in [0.1, 0.15) is 24.5 Å². The van der Waals surface area contributed by atoms with Crippen molar-refractivity contribution in [3.63, 3.8) is 0 Å². The number of hydrogen-bond donors (Lipinski definition) is 0. The summed E-state index contributed by atoms with van der Waals surface area (Å²) < 4.78 is 22.3. The third-order valence-corrected chi connectivity index (χ3v) is 3.67. The van der Waals surface area contributed by atoms with Gasteiger partial charge in [0.05, 0.1) is 27.4 Å². The molecule has 4 nitrogen and oxygen atoms in total. The van der Waals surface area contributed by atoms with Gasteiger partial charge < -0.3 is 18.9 Å². The first-order valence-corrected chi connectivity index (χ1v) is 8.39. The Labute approximate surface area is 150 Å². The van der Waals surface area contributed by atoms with Crippen molar-refractivity contribution in [1.82, 2.24) is 0 Å². The summed E-state index contributed by atoms with van der Waals surface area (Å²) in [6.45, 7) is 5.11. The maximum Gasteiger partial charge on any atom is 0.161 e. The smallest absolute Gasteiger partial charge is 0.161 e. The van der Waals surface area contributed by atoms with Crippen molar-refractivity contribution in [2.24, 2.45) is 0 Å². The number of methoxy groups -OCH3 is 2. The Morgan fingerprint density at radius 2 is 1.40 bits per heavy atom. The molecule has 0 saturated heterocycles. The van der Waals surface area contributed by atoms with Crippen molar-refractivity contribution in [2.75, 3.05) is 27.4 Å². The van der Waals surface area contributed by atoms with Gasteiger partial charge >= 0.3 is 0 Å². The fraction of sp³-hybridized carbons (Fsp3) is 0.333. The third-order valence-electron chi connectivity index (χ3n) is 3.67. The van der Waals surface area contributed by atoms with Gasteiger partial charge in [-0.3, -0.25) is 0 Å². The SMILES string of the molecule is CC=Cc1ccc(OCCCOc2ccc(C)cc2OC)c(OC)c1. The maximum absolute atomic E-state index is 5.81. The number of rotatable bonds is 9. The average molecular weight is 342 g/mol. The summed E-state index contributed by atoms with van der Waals surface area (Å²) >= 11 is 0. The standard InChI is InChI=1S/C21H26O4/c1-5-7-17-9-11-19(21(15-17)23-4)25-13-6-12-24-18-10-8-16(2)14-20(18)22-3/h5,7-11,14-15H,6,12-13H2,1-4H3. The summed E-state index contributed by atoms with van der Waals surface area (Å²) in [6, 6.07) is 11.8. The highest BCUT2D eigenvalue weighted by atomic mass is 16.5. The Hall–Kier alpha value is -2.62. The van der Waals surface area contributed by atoms with Gasteiger partial charge in [-0.1, -0.05) is 24.3 Å². The van der Waals surface area contributed by atoms with E-state index in [0.29, 0.717) is 13.2 Å². The summed E-state index contributed by atoms with van der Waals surface area (Å²) in [6.07, 6.45) is 4.78. The molecule has 0 atom stereocenters. The van der Waals surface area contributed by atoms with Crippen molar-refractivity contribution < 1.29 is 18.9 Å². The van der Waals surface area contributed by atoms with Crippen LogP contribution < -0.4 is 18.9 Å². The fourth-order valence-electron chi connectivity index (χ4n) is 2.42. The van der Waals surface area contributed by atoms with Crippen LogP contribution >= 0.6 is 0 Å². The normalized spacial score (nSPS) is 10.7. The predicted octanol–water partition coefficient (Wildman–Crippen LogP) is 4.89. The number of aryl methyl sites for hydroxylation is 1. The molecule has 0 bridgehead atoms. The van der Waals surface area contributed by atoms with E-state index in [1.807, 2.05) is 62.4 Å². The Bertz CT molecular complexity index is 707. The first kappa shape index (κ1) is 18.7. The minimum Gasteiger partial charge on any atom is -0.493 e. The molecule has 25 heavy (non-hydrogen) atoms. The lowest BCUT2D eigenvalue weighted by Gasteiger charge is -2.13. The second-order valence-electron chi connectivity index (χ2n) is 5.62. The summed E-state index contributed by atoms with van der Waals surface area (Å²) in [5.41, 5.74) is 2.22. The van der Waals surface area contributed by atoms with Gasteiger partial charge in [0.25, 0.3) is 0 Å². The lowest BCUT2D eigenvalue weighted by Crippen LogP contribution is -2.06. The zero-order chi connectivity index (χ0) is 18.1. The largest absolute Gasteiger partial charge is 0.493 e. The van der Waals surface area contributed by atoms with Gasteiger partial charge in [0, 0.05) is 6.42 Å². The van der Waals surface area contributed by atoms with E-state index in [9.17, 15) is 0 Å². The molecule has 0 amide bonds. The van der Waals surface area contributed by atoms with E-state index >= 15 is 0 Å². The molecule has 2 aromatic rings.